The largest absolute Gasteiger partial charge is 0.457 e. The van der Waals surface area contributed by atoms with Gasteiger partial charge in [0.15, 0.2) is 0 Å². The molecule has 3 aliphatic rings. The minimum absolute atomic E-state index is 0.316. The highest BCUT2D eigenvalue weighted by Crippen LogP contribution is 2.65. The Hall–Kier alpha value is -4.82. The van der Waals surface area contributed by atoms with Crippen LogP contribution < -0.4 is 4.74 Å². The molecule has 2 nitrogen and oxygen atoms in total. The number of rotatable bonds is 1. The molecule has 0 N–H and O–H groups in total. The summed E-state index contributed by atoms with van der Waals surface area (Å²) >= 11 is 0. The van der Waals surface area contributed by atoms with E-state index in [0.717, 1.165) is 17.9 Å². The first-order valence-electron chi connectivity index (χ1n) is 13.7. The van der Waals surface area contributed by atoms with Crippen molar-refractivity contribution in [2.24, 2.45) is 0 Å². The highest BCUT2D eigenvalue weighted by molar-refractivity contribution is 6.10. The average Bonchev–Trinajstić information content (AvgIpc) is 3.47. The van der Waals surface area contributed by atoms with Crippen molar-refractivity contribution in [3.05, 3.63) is 161 Å². The van der Waals surface area contributed by atoms with Gasteiger partial charge in [-0.3, -0.25) is 0 Å². The molecule has 1 aliphatic heterocycles. The number of aromatic nitrogens is 1. The lowest BCUT2D eigenvalue weighted by atomic mass is 9.64. The second kappa shape index (κ2) is 7.61. The predicted octanol–water partition coefficient (Wildman–Crippen LogP) is 9.21. The number of para-hydroxylation sites is 4. The van der Waals surface area contributed by atoms with Gasteiger partial charge in [-0.25, -0.2) is 0 Å². The van der Waals surface area contributed by atoms with Crippen LogP contribution >= 0.6 is 0 Å². The Morgan fingerprint density at radius 3 is 2.13 bits per heavy atom. The van der Waals surface area contributed by atoms with Crippen LogP contribution in [0.2, 0.25) is 0 Å². The SMILES string of the molecule is C1=CCC2C(=C1)C1(c3ccccc3Oc3ccccc31)c1cc3c4ccccc4n(-c4ccccc4)c3cc12. The first-order chi connectivity index (χ1) is 19.4. The second-order valence-electron chi connectivity index (χ2n) is 10.8. The van der Waals surface area contributed by atoms with Gasteiger partial charge >= 0.3 is 0 Å². The average molecular weight is 500 g/mol. The molecule has 0 saturated carbocycles. The fourth-order valence-corrected chi connectivity index (χ4v) is 7.56. The molecule has 6 aromatic rings. The van der Waals surface area contributed by atoms with Crippen LogP contribution in [0.3, 0.4) is 0 Å². The molecule has 2 heteroatoms. The molecule has 39 heavy (non-hydrogen) atoms. The Bertz CT molecular complexity index is 1980. The third-order valence-electron chi connectivity index (χ3n) is 9.03. The van der Waals surface area contributed by atoms with E-state index in [1.54, 1.807) is 0 Å². The van der Waals surface area contributed by atoms with Crippen molar-refractivity contribution >= 4 is 21.8 Å². The molecular weight excluding hydrogens is 474 g/mol. The van der Waals surface area contributed by atoms with Gasteiger partial charge in [0.1, 0.15) is 11.5 Å². The van der Waals surface area contributed by atoms with Crippen LogP contribution in [0.25, 0.3) is 27.5 Å². The summed E-state index contributed by atoms with van der Waals surface area (Å²) in [6, 6.07) is 41.8. The molecule has 0 radical (unpaired) electrons. The van der Waals surface area contributed by atoms with Crippen molar-refractivity contribution < 1.29 is 4.74 Å². The van der Waals surface area contributed by atoms with Crippen LogP contribution in [0, 0.1) is 0 Å². The van der Waals surface area contributed by atoms with Gasteiger partial charge in [0, 0.05) is 33.5 Å². The predicted molar refractivity (Wildman–Crippen MR) is 158 cm³/mol. The monoisotopic (exact) mass is 499 g/mol. The standard InChI is InChI=1S/C37H25NO/c1-2-12-24(13-3-1)38-33-19-9-5-15-26(33)28-22-32-27(23-34(28)38)25-14-4-6-16-29(25)37(32)30-17-7-10-20-35(30)39-36-21-11-8-18-31(36)37/h1-13,15-23,25H,14H2. The van der Waals surface area contributed by atoms with E-state index in [1.165, 1.54) is 55.3 Å². The summed E-state index contributed by atoms with van der Waals surface area (Å²) in [6.45, 7) is 0. The maximum absolute atomic E-state index is 6.53. The number of hydrogen-bond donors (Lipinski definition) is 0. The first kappa shape index (κ1) is 21.2. The van der Waals surface area contributed by atoms with Crippen molar-refractivity contribution in [2.75, 3.05) is 0 Å². The smallest absolute Gasteiger partial charge is 0.132 e. The van der Waals surface area contributed by atoms with Gasteiger partial charge in [-0.2, -0.15) is 0 Å². The zero-order valence-electron chi connectivity index (χ0n) is 21.3. The maximum atomic E-state index is 6.53. The Labute approximate surface area is 227 Å². The lowest BCUT2D eigenvalue weighted by Gasteiger charge is -2.40. The summed E-state index contributed by atoms with van der Waals surface area (Å²) in [6.07, 6.45) is 7.95. The van der Waals surface area contributed by atoms with E-state index in [9.17, 15) is 0 Å². The number of hydrogen-bond acceptors (Lipinski definition) is 1. The Morgan fingerprint density at radius 2 is 1.33 bits per heavy atom. The molecule has 1 aromatic heterocycles. The van der Waals surface area contributed by atoms with Crippen LogP contribution in [-0.4, -0.2) is 4.57 Å². The van der Waals surface area contributed by atoms with Gasteiger partial charge in [-0.1, -0.05) is 91.0 Å². The van der Waals surface area contributed by atoms with E-state index < -0.39 is 0 Å². The van der Waals surface area contributed by atoms with Crippen LogP contribution in [0.15, 0.2) is 139 Å². The van der Waals surface area contributed by atoms with Crippen molar-refractivity contribution in [1.29, 1.82) is 0 Å². The first-order valence-corrected chi connectivity index (χ1v) is 13.7. The lowest BCUT2D eigenvalue weighted by Crippen LogP contribution is -2.33. The van der Waals surface area contributed by atoms with Crippen molar-refractivity contribution in [3.63, 3.8) is 0 Å². The second-order valence-corrected chi connectivity index (χ2v) is 10.8. The fraction of sp³-hybridized carbons (Fsp3) is 0.0811. The Balaban J connectivity index is 1.47. The summed E-state index contributed by atoms with van der Waals surface area (Å²) in [5.41, 5.74) is 10.0. The molecular formula is C37H25NO. The molecule has 184 valence electrons. The highest BCUT2D eigenvalue weighted by Gasteiger charge is 2.54. The van der Waals surface area contributed by atoms with Gasteiger partial charge in [0.25, 0.3) is 0 Å². The van der Waals surface area contributed by atoms with E-state index in [-0.39, 0.29) is 5.41 Å². The van der Waals surface area contributed by atoms with E-state index in [2.05, 4.69) is 138 Å². The van der Waals surface area contributed by atoms with E-state index >= 15 is 0 Å². The minimum Gasteiger partial charge on any atom is -0.457 e. The number of benzene rings is 5. The van der Waals surface area contributed by atoms with Gasteiger partial charge in [-0.15, -0.1) is 0 Å². The normalized spacial score (nSPS) is 17.8. The molecule has 5 aromatic carbocycles. The molecule has 1 spiro atoms. The third kappa shape index (κ3) is 2.61. The number of fused-ring (bicyclic) bond motifs is 12. The zero-order valence-corrected chi connectivity index (χ0v) is 21.3. The molecule has 0 amide bonds. The van der Waals surface area contributed by atoms with Crippen molar-refractivity contribution in [3.8, 4) is 17.2 Å². The minimum atomic E-state index is -0.389. The summed E-state index contributed by atoms with van der Waals surface area (Å²) in [5, 5.41) is 2.58. The van der Waals surface area contributed by atoms with Crippen LogP contribution in [0.4, 0.5) is 0 Å². The van der Waals surface area contributed by atoms with Crippen molar-refractivity contribution in [1.82, 2.24) is 4.57 Å². The highest BCUT2D eigenvalue weighted by atomic mass is 16.5. The van der Waals surface area contributed by atoms with Gasteiger partial charge < -0.3 is 9.30 Å². The van der Waals surface area contributed by atoms with Gasteiger partial charge in [-0.05, 0) is 65.6 Å². The molecule has 2 heterocycles. The molecule has 1 unspecified atom stereocenters. The van der Waals surface area contributed by atoms with E-state index in [0.29, 0.717) is 5.92 Å². The summed E-state index contributed by atoms with van der Waals surface area (Å²) in [4.78, 5) is 0. The summed E-state index contributed by atoms with van der Waals surface area (Å²) in [7, 11) is 0. The fourth-order valence-electron chi connectivity index (χ4n) is 7.56. The lowest BCUT2D eigenvalue weighted by molar-refractivity contribution is 0.433. The van der Waals surface area contributed by atoms with E-state index in [1.807, 2.05) is 0 Å². The number of nitrogens with zero attached hydrogens (tertiary/aromatic N) is 1. The Morgan fingerprint density at radius 1 is 0.641 bits per heavy atom. The van der Waals surface area contributed by atoms with Crippen LogP contribution in [-0.2, 0) is 5.41 Å². The Kier molecular flexibility index (Phi) is 4.13. The van der Waals surface area contributed by atoms with Gasteiger partial charge in [0.2, 0.25) is 0 Å². The molecule has 0 bridgehead atoms. The van der Waals surface area contributed by atoms with Gasteiger partial charge in [0.05, 0.1) is 16.4 Å². The summed E-state index contributed by atoms with van der Waals surface area (Å²) < 4.78 is 8.96. The number of ether oxygens (including phenoxy) is 1. The molecule has 9 rings (SSSR count). The number of allylic oxidation sites excluding steroid dienone is 4. The topological polar surface area (TPSA) is 14.2 Å². The molecule has 1 atom stereocenters. The maximum Gasteiger partial charge on any atom is 0.132 e. The van der Waals surface area contributed by atoms with Crippen LogP contribution in [0.1, 0.15) is 34.6 Å². The van der Waals surface area contributed by atoms with Crippen LogP contribution in [0.5, 0.6) is 11.5 Å². The third-order valence-corrected chi connectivity index (χ3v) is 9.03. The zero-order chi connectivity index (χ0) is 25.6. The van der Waals surface area contributed by atoms with E-state index in [4.69, 9.17) is 4.74 Å². The molecule has 0 saturated heterocycles. The summed E-state index contributed by atoms with van der Waals surface area (Å²) in [5.74, 6) is 2.21. The van der Waals surface area contributed by atoms with Crippen molar-refractivity contribution in [2.45, 2.75) is 17.8 Å². The molecule has 0 fully saturated rings. The quantitative estimate of drug-likeness (QED) is 0.220. The molecule has 2 aliphatic carbocycles.